The Kier molecular flexibility index (Phi) is 6.69. The van der Waals surface area contributed by atoms with Crippen LogP contribution in [0.3, 0.4) is 0 Å². The first-order valence-electron chi connectivity index (χ1n) is 8.87. The highest BCUT2D eigenvalue weighted by atomic mass is 19.4. The highest BCUT2D eigenvalue weighted by Gasteiger charge is 2.32. The SMILES string of the molecule is CC(C)C(=O)N1CC[NH+]([C@@H](C)C(=O)Nc2ccc(OC(F)(F)F)cc2)CC1. The number of hydrogen-bond donors (Lipinski definition) is 2. The Labute approximate surface area is 156 Å². The molecule has 0 unspecified atom stereocenters. The van der Waals surface area contributed by atoms with Crippen LogP contribution in [0, 0.1) is 5.92 Å². The first-order chi connectivity index (χ1) is 12.6. The van der Waals surface area contributed by atoms with E-state index in [1.165, 1.54) is 12.1 Å². The molecule has 1 heterocycles. The van der Waals surface area contributed by atoms with Crippen molar-refractivity contribution >= 4 is 17.5 Å². The van der Waals surface area contributed by atoms with Gasteiger partial charge < -0.3 is 19.9 Å². The fourth-order valence-electron chi connectivity index (χ4n) is 2.99. The van der Waals surface area contributed by atoms with Crippen molar-refractivity contribution < 1.29 is 32.4 Å². The lowest BCUT2D eigenvalue weighted by molar-refractivity contribution is -0.917. The molecule has 150 valence electrons. The van der Waals surface area contributed by atoms with Crippen LogP contribution in [0.1, 0.15) is 20.8 Å². The van der Waals surface area contributed by atoms with Gasteiger partial charge in [-0.2, -0.15) is 0 Å². The molecule has 9 heteroatoms. The van der Waals surface area contributed by atoms with Crippen molar-refractivity contribution in [2.75, 3.05) is 31.5 Å². The number of ether oxygens (including phenoxy) is 1. The molecule has 1 aliphatic rings. The number of nitrogens with zero attached hydrogens (tertiary/aromatic N) is 1. The summed E-state index contributed by atoms with van der Waals surface area (Å²) in [5.74, 6) is -0.493. The van der Waals surface area contributed by atoms with E-state index in [0.717, 1.165) is 17.0 Å². The Bertz CT molecular complexity index is 654. The molecule has 2 rings (SSSR count). The number of halogens is 3. The molecule has 1 aromatic rings. The fourth-order valence-corrected chi connectivity index (χ4v) is 2.99. The lowest BCUT2D eigenvalue weighted by Crippen LogP contribution is -3.19. The van der Waals surface area contributed by atoms with Gasteiger partial charge >= 0.3 is 6.36 Å². The summed E-state index contributed by atoms with van der Waals surface area (Å²) >= 11 is 0. The molecular weight excluding hydrogens is 363 g/mol. The van der Waals surface area contributed by atoms with Crippen LogP contribution < -0.4 is 15.0 Å². The Morgan fingerprint density at radius 1 is 1.11 bits per heavy atom. The lowest BCUT2D eigenvalue weighted by atomic mass is 10.1. The average Bonchev–Trinajstić information content (AvgIpc) is 2.61. The van der Waals surface area contributed by atoms with Gasteiger partial charge in [0.1, 0.15) is 5.75 Å². The second-order valence-corrected chi connectivity index (χ2v) is 6.92. The van der Waals surface area contributed by atoms with Crippen LogP contribution in [0.25, 0.3) is 0 Å². The number of quaternary nitrogens is 1. The van der Waals surface area contributed by atoms with E-state index in [4.69, 9.17) is 0 Å². The van der Waals surface area contributed by atoms with E-state index in [-0.39, 0.29) is 29.5 Å². The normalized spacial score (nSPS) is 16.9. The van der Waals surface area contributed by atoms with Crippen molar-refractivity contribution in [2.45, 2.75) is 33.2 Å². The minimum atomic E-state index is -4.75. The fraction of sp³-hybridized carbons (Fsp3) is 0.556. The Morgan fingerprint density at radius 3 is 2.15 bits per heavy atom. The van der Waals surface area contributed by atoms with Crippen LogP contribution in [-0.2, 0) is 9.59 Å². The van der Waals surface area contributed by atoms with Crippen molar-refractivity contribution in [2.24, 2.45) is 5.92 Å². The summed E-state index contributed by atoms with van der Waals surface area (Å²) in [7, 11) is 0. The molecule has 2 N–H and O–H groups in total. The first kappa shape index (κ1) is 21.0. The van der Waals surface area contributed by atoms with E-state index in [1.807, 2.05) is 18.7 Å². The Morgan fingerprint density at radius 2 is 1.67 bits per heavy atom. The minimum absolute atomic E-state index is 0.0448. The molecule has 0 bridgehead atoms. The van der Waals surface area contributed by atoms with Gasteiger partial charge in [0.05, 0.1) is 26.2 Å². The van der Waals surface area contributed by atoms with Crippen molar-refractivity contribution in [3.8, 4) is 5.75 Å². The number of benzene rings is 1. The largest absolute Gasteiger partial charge is 0.573 e. The van der Waals surface area contributed by atoms with E-state index >= 15 is 0 Å². The first-order valence-corrected chi connectivity index (χ1v) is 8.87. The van der Waals surface area contributed by atoms with E-state index < -0.39 is 6.36 Å². The van der Waals surface area contributed by atoms with Crippen molar-refractivity contribution in [3.05, 3.63) is 24.3 Å². The molecule has 27 heavy (non-hydrogen) atoms. The minimum Gasteiger partial charge on any atom is -0.406 e. The highest BCUT2D eigenvalue weighted by Crippen LogP contribution is 2.23. The zero-order chi connectivity index (χ0) is 20.2. The molecule has 0 spiro atoms. The molecule has 0 aromatic heterocycles. The summed E-state index contributed by atoms with van der Waals surface area (Å²) < 4.78 is 40.3. The number of hydrogen-bond acceptors (Lipinski definition) is 3. The van der Waals surface area contributed by atoms with Gasteiger partial charge in [0.2, 0.25) is 5.91 Å². The summed E-state index contributed by atoms with van der Waals surface area (Å²) in [4.78, 5) is 27.3. The number of nitrogens with one attached hydrogen (secondary N) is 2. The number of alkyl halides is 3. The Hall–Kier alpha value is -2.29. The molecule has 2 amide bonds. The number of carbonyl (C=O) groups is 2. The number of piperazine rings is 1. The quantitative estimate of drug-likeness (QED) is 0.799. The van der Waals surface area contributed by atoms with Gasteiger partial charge in [-0.15, -0.1) is 13.2 Å². The maximum absolute atomic E-state index is 12.4. The predicted molar refractivity (Wildman–Crippen MR) is 93.3 cm³/mol. The molecular formula is C18H25F3N3O3+. The van der Waals surface area contributed by atoms with E-state index in [0.29, 0.717) is 31.9 Å². The molecule has 1 aromatic carbocycles. The van der Waals surface area contributed by atoms with Crippen LogP contribution in [0.2, 0.25) is 0 Å². The topological polar surface area (TPSA) is 63.1 Å². The van der Waals surface area contributed by atoms with Crippen molar-refractivity contribution in [1.29, 1.82) is 0 Å². The Balaban J connectivity index is 1.86. The van der Waals surface area contributed by atoms with Gasteiger partial charge in [0, 0.05) is 11.6 Å². The smallest absolute Gasteiger partial charge is 0.406 e. The van der Waals surface area contributed by atoms with Crippen LogP contribution in [0.15, 0.2) is 24.3 Å². The molecule has 1 aliphatic heterocycles. The molecule has 6 nitrogen and oxygen atoms in total. The maximum Gasteiger partial charge on any atom is 0.573 e. The molecule has 1 fully saturated rings. The van der Waals surface area contributed by atoms with Gasteiger partial charge in [0.15, 0.2) is 6.04 Å². The number of carbonyl (C=O) groups excluding carboxylic acids is 2. The van der Waals surface area contributed by atoms with Gasteiger partial charge in [-0.25, -0.2) is 0 Å². The van der Waals surface area contributed by atoms with E-state index in [2.05, 4.69) is 10.1 Å². The third kappa shape index (κ3) is 6.13. The summed E-state index contributed by atoms with van der Waals surface area (Å²) in [6.45, 7) is 8.08. The van der Waals surface area contributed by atoms with Crippen molar-refractivity contribution in [3.63, 3.8) is 0 Å². The second-order valence-electron chi connectivity index (χ2n) is 6.92. The van der Waals surface area contributed by atoms with E-state index in [1.54, 1.807) is 6.92 Å². The zero-order valence-corrected chi connectivity index (χ0v) is 15.6. The van der Waals surface area contributed by atoms with E-state index in [9.17, 15) is 22.8 Å². The molecule has 0 radical (unpaired) electrons. The average molecular weight is 388 g/mol. The van der Waals surface area contributed by atoms with Crippen LogP contribution in [-0.4, -0.2) is 55.3 Å². The number of rotatable bonds is 5. The molecule has 0 saturated carbocycles. The van der Waals surface area contributed by atoms with Gasteiger partial charge in [-0.05, 0) is 31.2 Å². The van der Waals surface area contributed by atoms with Crippen LogP contribution >= 0.6 is 0 Å². The lowest BCUT2D eigenvalue weighted by Gasteiger charge is -2.35. The zero-order valence-electron chi connectivity index (χ0n) is 15.6. The van der Waals surface area contributed by atoms with Gasteiger partial charge in [-0.1, -0.05) is 13.8 Å². The second kappa shape index (κ2) is 8.60. The maximum atomic E-state index is 12.4. The monoisotopic (exact) mass is 388 g/mol. The molecule has 1 atom stereocenters. The third-order valence-electron chi connectivity index (χ3n) is 4.57. The highest BCUT2D eigenvalue weighted by molar-refractivity contribution is 5.93. The van der Waals surface area contributed by atoms with Gasteiger partial charge in [-0.3, -0.25) is 9.59 Å². The van der Waals surface area contributed by atoms with Crippen molar-refractivity contribution in [1.82, 2.24) is 4.90 Å². The summed E-state index contributed by atoms with van der Waals surface area (Å²) in [6.07, 6.45) is -4.75. The summed E-state index contributed by atoms with van der Waals surface area (Å²) in [6, 6.07) is 4.68. The standard InChI is InChI=1S/C18H24F3N3O3/c1-12(2)17(26)24-10-8-23(9-11-24)13(3)16(25)22-14-4-6-15(7-5-14)27-18(19,20)21/h4-7,12-13H,8-11H2,1-3H3,(H,22,25)/p+1/t13-/m0/s1. The third-order valence-corrected chi connectivity index (χ3v) is 4.57. The number of amides is 2. The summed E-state index contributed by atoms with van der Waals surface area (Å²) in [5.41, 5.74) is 0.398. The van der Waals surface area contributed by atoms with Crippen LogP contribution in [0.5, 0.6) is 5.75 Å². The van der Waals surface area contributed by atoms with Crippen LogP contribution in [0.4, 0.5) is 18.9 Å². The molecule has 1 saturated heterocycles. The molecule has 0 aliphatic carbocycles. The van der Waals surface area contributed by atoms with Gasteiger partial charge in [0.25, 0.3) is 5.91 Å². The predicted octanol–water partition coefficient (Wildman–Crippen LogP) is 1.30. The summed E-state index contributed by atoms with van der Waals surface area (Å²) in [5, 5.41) is 2.70. The number of anilines is 1.